The lowest BCUT2D eigenvalue weighted by atomic mass is 9.65. The summed E-state index contributed by atoms with van der Waals surface area (Å²) in [5.74, 6) is 1.63. The number of fused-ring (bicyclic) bond motifs is 15. The zero-order chi connectivity index (χ0) is 42.4. The molecule has 0 saturated heterocycles. The van der Waals surface area contributed by atoms with Crippen molar-refractivity contribution in [1.29, 1.82) is 0 Å². The fourth-order valence-electron chi connectivity index (χ4n) is 14.1. The van der Waals surface area contributed by atoms with E-state index in [9.17, 15) is 0 Å². The number of hydrogen-bond donors (Lipinski definition) is 0. The molecule has 13 rings (SSSR count). The van der Waals surface area contributed by atoms with Gasteiger partial charge >= 0.3 is 0 Å². The fraction of sp³-hybridized carbons (Fsp3) is 0.290. The minimum Gasteiger partial charge on any atom is -0.362 e. The summed E-state index contributed by atoms with van der Waals surface area (Å²) in [6.45, 7) is 2.46. The molecular weight excluding hydrogens is 773 g/mol. The normalized spacial score (nSPS) is 28.7. The van der Waals surface area contributed by atoms with E-state index in [0.717, 1.165) is 38.5 Å². The summed E-state index contributed by atoms with van der Waals surface area (Å²) >= 11 is 0. The van der Waals surface area contributed by atoms with Crippen LogP contribution in [0.1, 0.15) is 110 Å². The molecule has 316 valence electrons. The van der Waals surface area contributed by atoms with Gasteiger partial charge in [-0.1, -0.05) is 159 Å². The van der Waals surface area contributed by atoms with Crippen molar-refractivity contribution in [2.45, 2.75) is 100 Å². The Kier molecular flexibility index (Phi) is 9.14. The van der Waals surface area contributed by atoms with E-state index in [1.54, 1.807) is 16.7 Å². The van der Waals surface area contributed by atoms with Gasteiger partial charge in [0.15, 0.2) is 0 Å². The first-order valence-corrected chi connectivity index (χ1v) is 24.6. The molecule has 0 fully saturated rings. The van der Waals surface area contributed by atoms with E-state index in [-0.39, 0.29) is 11.3 Å². The number of hydrogen-bond acceptors (Lipinski definition) is 2. The van der Waals surface area contributed by atoms with E-state index >= 15 is 0 Å². The molecule has 0 heterocycles. The second-order valence-corrected chi connectivity index (χ2v) is 20.0. The van der Waals surface area contributed by atoms with Gasteiger partial charge in [0.1, 0.15) is 0 Å². The molecule has 5 aromatic carbocycles. The molecule has 0 N–H and O–H groups in total. The van der Waals surface area contributed by atoms with Crippen molar-refractivity contribution in [2.24, 2.45) is 11.8 Å². The summed E-state index contributed by atoms with van der Waals surface area (Å²) in [4.78, 5) is 5.58. The number of allylic oxidation sites excluding steroid dienone is 11. The summed E-state index contributed by atoms with van der Waals surface area (Å²) < 4.78 is 0. The molecule has 0 aliphatic heterocycles. The first-order valence-electron chi connectivity index (χ1n) is 24.6. The third kappa shape index (κ3) is 5.70. The first-order chi connectivity index (χ1) is 31.7. The lowest BCUT2D eigenvalue weighted by molar-refractivity contribution is 0.411. The van der Waals surface area contributed by atoms with Crippen LogP contribution in [0.5, 0.6) is 0 Å². The SMILES string of the molecule is CC1CC=CC(N(c2ccc3c(c2)C2(c4ccccc4-c4c(N(c5ccccc5)C5C=CCCC5)cccc42)C2C=CC=CC32)C2CC=C3C4=C(CCC=C4)c4ccccc4C3C2)C1. The molecule has 8 unspecified atom stereocenters. The van der Waals surface area contributed by atoms with Crippen LogP contribution in [0.3, 0.4) is 0 Å². The van der Waals surface area contributed by atoms with Gasteiger partial charge in [-0.25, -0.2) is 0 Å². The molecule has 5 aromatic rings. The van der Waals surface area contributed by atoms with E-state index in [1.807, 2.05) is 0 Å². The highest BCUT2D eigenvalue weighted by atomic mass is 15.2. The highest BCUT2D eigenvalue weighted by molar-refractivity contribution is 5.95. The van der Waals surface area contributed by atoms with Crippen molar-refractivity contribution in [3.8, 4) is 11.1 Å². The van der Waals surface area contributed by atoms with Crippen LogP contribution in [0.15, 0.2) is 193 Å². The van der Waals surface area contributed by atoms with Gasteiger partial charge < -0.3 is 9.80 Å². The Morgan fingerprint density at radius 1 is 0.625 bits per heavy atom. The largest absolute Gasteiger partial charge is 0.362 e. The fourth-order valence-corrected chi connectivity index (χ4v) is 14.1. The van der Waals surface area contributed by atoms with Crippen LogP contribution in [0.4, 0.5) is 17.1 Å². The Labute approximate surface area is 380 Å². The van der Waals surface area contributed by atoms with E-state index in [4.69, 9.17) is 0 Å². The standard InChI is InChI=1S/C62H58N2/c1-41-18-16-23-44(38-41)63(45-34-36-51-49-26-9-8-24-47(49)48-25-10-11-27-50(48)55(51)39-45)46-35-37-53-52-28-12-14-30-56(52)62(59(53)40-46)57-31-15-13-29-54(57)61-58(62)32-17-33-60(61)64(42-19-4-2-5-20-42)43-21-6-3-7-22-43/h2,4-6,9-17,19-21,23,25-33,35-37,40-41,43-45,52,55-56H,3,7-8,18,22,24,34,38-39H2,1H3. The van der Waals surface area contributed by atoms with Gasteiger partial charge in [-0.05, 0) is 150 Å². The van der Waals surface area contributed by atoms with E-state index in [0.29, 0.717) is 35.9 Å². The van der Waals surface area contributed by atoms with Gasteiger partial charge in [0.05, 0.1) is 11.5 Å². The first kappa shape index (κ1) is 38.3. The Morgan fingerprint density at radius 2 is 1.45 bits per heavy atom. The van der Waals surface area contributed by atoms with Crippen molar-refractivity contribution in [1.82, 2.24) is 0 Å². The predicted octanol–water partition coefficient (Wildman–Crippen LogP) is 15.2. The van der Waals surface area contributed by atoms with Crippen molar-refractivity contribution in [2.75, 3.05) is 9.80 Å². The summed E-state index contributed by atoms with van der Waals surface area (Å²) in [6, 6.07) is 46.2. The average Bonchev–Trinajstić information content (AvgIpc) is 3.82. The maximum absolute atomic E-state index is 2.91. The Balaban J connectivity index is 1.000. The van der Waals surface area contributed by atoms with Crippen molar-refractivity contribution in [3.63, 3.8) is 0 Å². The molecule has 0 saturated carbocycles. The zero-order valence-corrected chi connectivity index (χ0v) is 37.1. The maximum atomic E-state index is 2.91. The number of para-hydroxylation sites is 1. The minimum absolute atomic E-state index is 0.271. The molecule has 0 bridgehead atoms. The summed E-state index contributed by atoms with van der Waals surface area (Å²) in [6.07, 6.45) is 37.5. The number of benzene rings is 5. The summed E-state index contributed by atoms with van der Waals surface area (Å²) in [5.41, 5.74) is 20.0. The highest BCUT2D eigenvalue weighted by Crippen LogP contribution is 2.67. The monoisotopic (exact) mass is 830 g/mol. The smallest absolute Gasteiger partial charge is 0.0539 e. The van der Waals surface area contributed by atoms with Gasteiger partial charge in [-0.2, -0.15) is 0 Å². The zero-order valence-electron chi connectivity index (χ0n) is 37.1. The van der Waals surface area contributed by atoms with Gasteiger partial charge in [0.25, 0.3) is 0 Å². The second kappa shape index (κ2) is 15.3. The molecule has 8 aliphatic carbocycles. The molecule has 2 nitrogen and oxygen atoms in total. The summed E-state index contributed by atoms with van der Waals surface area (Å²) in [7, 11) is 0. The van der Waals surface area contributed by atoms with E-state index < -0.39 is 0 Å². The minimum atomic E-state index is -0.330. The third-order valence-corrected chi connectivity index (χ3v) is 16.6. The number of nitrogens with zero attached hydrogens (tertiary/aromatic N) is 2. The topological polar surface area (TPSA) is 6.48 Å². The maximum Gasteiger partial charge on any atom is 0.0539 e. The van der Waals surface area contributed by atoms with Crippen LogP contribution < -0.4 is 9.80 Å². The number of rotatable bonds is 6. The number of anilines is 3. The molecule has 0 amide bonds. The van der Waals surface area contributed by atoms with Crippen molar-refractivity contribution < 1.29 is 0 Å². The molecule has 8 atom stereocenters. The lowest BCUT2D eigenvalue weighted by Crippen LogP contribution is -2.46. The lowest BCUT2D eigenvalue weighted by Gasteiger charge is -2.46. The quantitative estimate of drug-likeness (QED) is 0.157. The highest BCUT2D eigenvalue weighted by Gasteiger charge is 2.58. The molecule has 8 aliphatic rings. The average molecular weight is 831 g/mol. The van der Waals surface area contributed by atoms with Crippen LogP contribution in [0.2, 0.25) is 0 Å². The van der Waals surface area contributed by atoms with Crippen LogP contribution >= 0.6 is 0 Å². The van der Waals surface area contributed by atoms with E-state index in [2.05, 4.69) is 199 Å². The van der Waals surface area contributed by atoms with Crippen molar-refractivity contribution in [3.05, 3.63) is 227 Å². The van der Waals surface area contributed by atoms with Gasteiger partial charge in [0.2, 0.25) is 0 Å². The van der Waals surface area contributed by atoms with Crippen LogP contribution in [0, 0.1) is 11.8 Å². The predicted molar refractivity (Wildman–Crippen MR) is 267 cm³/mol. The molecule has 2 heteroatoms. The molecule has 0 radical (unpaired) electrons. The van der Waals surface area contributed by atoms with Gasteiger partial charge in [-0.15, -0.1) is 0 Å². The van der Waals surface area contributed by atoms with Gasteiger partial charge in [0, 0.05) is 52.5 Å². The van der Waals surface area contributed by atoms with Crippen LogP contribution in [-0.2, 0) is 5.41 Å². The summed E-state index contributed by atoms with van der Waals surface area (Å²) in [5, 5.41) is 0. The van der Waals surface area contributed by atoms with Crippen molar-refractivity contribution >= 4 is 22.6 Å². The second-order valence-electron chi connectivity index (χ2n) is 20.0. The Morgan fingerprint density at radius 3 is 2.34 bits per heavy atom. The molecule has 1 spiro atoms. The third-order valence-electron chi connectivity index (χ3n) is 16.6. The Bertz CT molecular complexity index is 2900. The van der Waals surface area contributed by atoms with E-state index in [1.165, 1.54) is 80.8 Å². The van der Waals surface area contributed by atoms with Crippen LogP contribution in [-0.4, -0.2) is 18.1 Å². The van der Waals surface area contributed by atoms with Crippen LogP contribution in [0.25, 0.3) is 16.7 Å². The Hall–Kier alpha value is -6.12. The molecule has 0 aromatic heterocycles. The molecule has 64 heavy (non-hydrogen) atoms. The van der Waals surface area contributed by atoms with Gasteiger partial charge in [-0.3, -0.25) is 0 Å². The molecular formula is C62H58N2.